The van der Waals surface area contributed by atoms with Crippen molar-refractivity contribution >= 4 is 0 Å². The van der Waals surface area contributed by atoms with Crippen molar-refractivity contribution in [2.24, 2.45) is 0 Å². The van der Waals surface area contributed by atoms with Crippen molar-refractivity contribution in [3.05, 3.63) is 0 Å². The molecule has 0 aromatic rings. The van der Waals surface area contributed by atoms with Crippen LogP contribution in [0.1, 0.15) is 0 Å². The van der Waals surface area contributed by atoms with Crippen LogP contribution in [0, 0.1) is 0 Å². The van der Waals surface area contributed by atoms with Crippen molar-refractivity contribution in [3.63, 3.8) is 0 Å². The monoisotopic (exact) mass is 166 g/mol. The van der Waals surface area contributed by atoms with Gasteiger partial charge in [0.05, 0.1) is 6.73 Å². The largest absolute Gasteiger partial charge is 1.00 e. The van der Waals surface area contributed by atoms with Gasteiger partial charge in [-0.25, -0.2) is 0 Å². The summed E-state index contributed by atoms with van der Waals surface area (Å²) in [6.07, 6.45) is 0. The summed E-state index contributed by atoms with van der Waals surface area (Å²) in [6.45, 7) is 0.139. The smallest absolute Gasteiger partial charge is 0.0951 e. The van der Waals surface area contributed by atoms with Gasteiger partial charge >= 0.3 is 0 Å². The molecule has 0 aromatic carbocycles. The first-order valence-electron chi connectivity index (χ1n) is 1.53. The molecule has 0 spiro atoms. The summed E-state index contributed by atoms with van der Waals surface area (Å²) in [5, 5.41) is 8.07. The van der Waals surface area contributed by atoms with Crippen LogP contribution in [0.2, 0.25) is 0 Å². The third kappa shape index (κ3) is 20.2. The van der Waals surface area contributed by atoms with Gasteiger partial charge in [-0.15, -0.1) is 0 Å². The van der Waals surface area contributed by atoms with Crippen LogP contribution < -0.4 is 12.4 Å². The summed E-state index contributed by atoms with van der Waals surface area (Å²) in [4.78, 5) is 1.68. The Morgan fingerprint density at radius 2 is 1.57 bits per heavy atom. The molecule has 0 atom stereocenters. The van der Waals surface area contributed by atoms with Gasteiger partial charge in [-0.1, -0.05) is 0 Å². The number of nitrogens with zero attached hydrogens (tertiary/aromatic N) is 1. The molecule has 4 heteroatoms. The standard InChI is InChI=1S/C3H9NO.ClH.Fe/c1-4(2)3-5;;/h5H,3H2,1-2H3;1H;/p-1. The Kier molecular flexibility index (Phi) is 22.1. The molecule has 0 fully saturated rings. The number of aliphatic hydroxyl groups is 1. The third-order valence-corrected chi connectivity index (χ3v) is 0.283. The zero-order valence-corrected chi connectivity index (χ0v) is 6.19. The molecule has 0 saturated heterocycles. The number of hydrogen-bond acceptors (Lipinski definition) is 2. The minimum atomic E-state index is 0. The predicted molar refractivity (Wildman–Crippen MR) is 20.8 cm³/mol. The summed E-state index contributed by atoms with van der Waals surface area (Å²) < 4.78 is 0. The van der Waals surface area contributed by atoms with Gasteiger partial charge in [-0.2, -0.15) is 0 Å². The number of hydrogen-bond donors (Lipinski definition) is 1. The van der Waals surface area contributed by atoms with Gasteiger partial charge in [-0.05, 0) is 14.1 Å². The van der Waals surface area contributed by atoms with Crippen LogP contribution in [0.4, 0.5) is 0 Å². The fourth-order valence-corrected chi connectivity index (χ4v) is 0. The predicted octanol–water partition coefficient (Wildman–Crippen LogP) is -3.50. The van der Waals surface area contributed by atoms with Crippen molar-refractivity contribution in [2.45, 2.75) is 0 Å². The van der Waals surface area contributed by atoms with E-state index in [-0.39, 0.29) is 36.2 Å². The van der Waals surface area contributed by atoms with E-state index in [0.717, 1.165) is 0 Å². The molecular formula is C3H9ClFeNO-. The normalized spacial score (nSPS) is 6.86. The first-order chi connectivity index (χ1) is 2.27. The van der Waals surface area contributed by atoms with Crippen molar-refractivity contribution in [3.8, 4) is 0 Å². The Hall–Kier alpha value is 0.729. The van der Waals surface area contributed by atoms with Gasteiger partial charge in [0, 0.05) is 17.1 Å². The average Bonchev–Trinajstić information content (AvgIpc) is 1.38. The molecule has 0 aliphatic heterocycles. The Bertz CT molecular complexity index is 28.9. The number of aliphatic hydroxyl groups excluding tert-OH is 1. The summed E-state index contributed by atoms with van der Waals surface area (Å²) in [5.74, 6) is 0. The van der Waals surface area contributed by atoms with Crippen LogP contribution in [0.3, 0.4) is 0 Å². The van der Waals surface area contributed by atoms with Crippen molar-refractivity contribution in [1.29, 1.82) is 0 Å². The molecule has 7 heavy (non-hydrogen) atoms. The second-order valence-corrected chi connectivity index (χ2v) is 1.22. The SMILES string of the molecule is CN(C)CO.[Cl-].[Fe]. The zero-order valence-electron chi connectivity index (χ0n) is 4.33. The first-order valence-corrected chi connectivity index (χ1v) is 1.53. The minimum absolute atomic E-state index is 0. The molecule has 0 aliphatic rings. The summed E-state index contributed by atoms with van der Waals surface area (Å²) in [7, 11) is 3.61. The van der Waals surface area contributed by atoms with E-state index < -0.39 is 0 Å². The van der Waals surface area contributed by atoms with Gasteiger partial charge in [0.25, 0.3) is 0 Å². The quantitative estimate of drug-likeness (QED) is 0.323. The molecule has 0 saturated carbocycles. The van der Waals surface area contributed by atoms with E-state index in [9.17, 15) is 0 Å². The molecule has 1 N–H and O–H groups in total. The average molecular weight is 166 g/mol. The summed E-state index contributed by atoms with van der Waals surface area (Å²) in [6, 6.07) is 0. The van der Waals surface area contributed by atoms with Crippen molar-refractivity contribution in [2.75, 3.05) is 20.8 Å². The molecule has 0 rings (SSSR count). The molecule has 0 radical (unpaired) electrons. The zero-order chi connectivity index (χ0) is 4.28. The van der Waals surface area contributed by atoms with Crippen molar-refractivity contribution in [1.82, 2.24) is 4.90 Å². The molecular weight excluding hydrogens is 157 g/mol. The van der Waals surface area contributed by atoms with E-state index in [1.54, 1.807) is 19.0 Å². The van der Waals surface area contributed by atoms with E-state index in [4.69, 9.17) is 5.11 Å². The Labute approximate surface area is 60.8 Å². The van der Waals surface area contributed by atoms with Crippen LogP contribution in [-0.2, 0) is 17.1 Å². The van der Waals surface area contributed by atoms with Crippen LogP contribution in [-0.4, -0.2) is 30.8 Å². The summed E-state index contributed by atoms with van der Waals surface area (Å²) >= 11 is 0. The topological polar surface area (TPSA) is 23.5 Å². The molecule has 0 amide bonds. The fourth-order valence-electron chi connectivity index (χ4n) is 0. The Morgan fingerprint density at radius 1 is 1.43 bits per heavy atom. The van der Waals surface area contributed by atoms with E-state index in [1.807, 2.05) is 0 Å². The molecule has 0 heterocycles. The van der Waals surface area contributed by atoms with Gasteiger partial charge < -0.3 is 17.5 Å². The fraction of sp³-hybridized carbons (Fsp3) is 1.00. The second kappa shape index (κ2) is 9.88. The number of rotatable bonds is 1. The van der Waals surface area contributed by atoms with Crippen LogP contribution in [0.25, 0.3) is 0 Å². The molecule has 0 aromatic heterocycles. The number of halogens is 1. The van der Waals surface area contributed by atoms with Gasteiger partial charge in [0.15, 0.2) is 0 Å². The Morgan fingerprint density at radius 3 is 1.57 bits per heavy atom. The van der Waals surface area contributed by atoms with Gasteiger partial charge in [0.1, 0.15) is 0 Å². The van der Waals surface area contributed by atoms with Crippen molar-refractivity contribution < 1.29 is 34.6 Å². The van der Waals surface area contributed by atoms with E-state index in [2.05, 4.69) is 0 Å². The maximum Gasteiger partial charge on any atom is 0.0951 e. The minimum Gasteiger partial charge on any atom is -1.00 e. The van der Waals surface area contributed by atoms with Gasteiger partial charge in [0.2, 0.25) is 0 Å². The molecule has 48 valence electrons. The van der Waals surface area contributed by atoms with E-state index in [1.165, 1.54) is 0 Å². The maximum atomic E-state index is 8.07. The summed E-state index contributed by atoms with van der Waals surface area (Å²) in [5.41, 5.74) is 0. The third-order valence-electron chi connectivity index (χ3n) is 0.283. The van der Waals surface area contributed by atoms with Crippen LogP contribution in [0.15, 0.2) is 0 Å². The van der Waals surface area contributed by atoms with Crippen LogP contribution >= 0.6 is 0 Å². The van der Waals surface area contributed by atoms with Crippen LogP contribution in [0.5, 0.6) is 0 Å². The second-order valence-electron chi connectivity index (χ2n) is 1.22. The molecule has 0 bridgehead atoms. The van der Waals surface area contributed by atoms with E-state index >= 15 is 0 Å². The Balaban J connectivity index is -0.0000000800. The maximum absolute atomic E-state index is 8.07. The van der Waals surface area contributed by atoms with E-state index in [0.29, 0.717) is 0 Å². The van der Waals surface area contributed by atoms with Gasteiger partial charge in [-0.3, -0.25) is 4.90 Å². The molecule has 2 nitrogen and oxygen atoms in total. The molecule has 0 unspecified atom stereocenters. The first kappa shape index (κ1) is 15.6. The molecule has 0 aliphatic carbocycles.